The van der Waals surface area contributed by atoms with Gasteiger partial charge in [0.15, 0.2) is 0 Å². The van der Waals surface area contributed by atoms with E-state index in [1.165, 1.54) is 0 Å². The first-order valence-electron chi connectivity index (χ1n) is 4.70. The Morgan fingerprint density at radius 3 is 2.87 bits per heavy atom. The lowest BCUT2D eigenvalue weighted by molar-refractivity contribution is 0.416. The molecule has 0 bridgehead atoms. The highest BCUT2D eigenvalue weighted by Gasteiger charge is 2.05. The molecule has 0 aliphatic carbocycles. The molecule has 0 amide bonds. The monoisotopic (exact) mass is 229 g/mol. The van der Waals surface area contributed by atoms with Crippen LogP contribution in [-0.2, 0) is 0 Å². The van der Waals surface area contributed by atoms with Gasteiger partial charge in [0.25, 0.3) is 0 Å². The van der Waals surface area contributed by atoms with E-state index < -0.39 is 0 Å². The van der Waals surface area contributed by atoms with Crippen molar-refractivity contribution in [2.75, 3.05) is 25.5 Å². The molecule has 1 atom stereocenters. The van der Waals surface area contributed by atoms with Crippen molar-refractivity contribution in [1.82, 2.24) is 0 Å². The highest BCUT2D eigenvalue weighted by molar-refractivity contribution is 6.30. The van der Waals surface area contributed by atoms with Crippen molar-refractivity contribution in [1.29, 1.82) is 0 Å². The van der Waals surface area contributed by atoms with Crippen molar-refractivity contribution in [3.63, 3.8) is 0 Å². The molecule has 0 heterocycles. The smallest absolute Gasteiger partial charge is 0.142 e. The number of halogens is 1. The van der Waals surface area contributed by atoms with Crippen molar-refractivity contribution in [3.8, 4) is 5.75 Å². The number of nitrogens with one attached hydrogen (secondary N) is 1. The lowest BCUT2D eigenvalue weighted by Crippen LogP contribution is -2.36. The first-order chi connectivity index (χ1) is 7.17. The summed E-state index contributed by atoms with van der Waals surface area (Å²) in [7, 11) is 1.61. The van der Waals surface area contributed by atoms with Gasteiger partial charge in [0.2, 0.25) is 0 Å². The maximum Gasteiger partial charge on any atom is 0.142 e. The predicted molar refractivity (Wildman–Crippen MR) is 63.5 cm³/mol. The van der Waals surface area contributed by atoms with E-state index in [0.717, 1.165) is 11.4 Å². The number of anilines is 1. The van der Waals surface area contributed by atoms with Crippen LogP contribution < -0.4 is 21.5 Å². The minimum absolute atomic E-state index is 0.0753. The zero-order chi connectivity index (χ0) is 11.3. The van der Waals surface area contributed by atoms with Crippen LogP contribution in [0.5, 0.6) is 5.75 Å². The van der Waals surface area contributed by atoms with Gasteiger partial charge in [-0.2, -0.15) is 0 Å². The third-order valence-electron chi connectivity index (χ3n) is 2.02. The van der Waals surface area contributed by atoms with Crippen LogP contribution in [0.15, 0.2) is 18.2 Å². The summed E-state index contributed by atoms with van der Waals surface area (Å²) < 4.78 is 5.17. The summed E-state index contributed by atoms with van der Waals surface area (Å²) in [5.74, 6) is 0.739. The summed E-state index contributed by atoms with van der Waals surface area (Å²) in [4.78, 5) is 0. The third kappa shape index (κ3) is 3.58. The average molecular weight is 230 g/mol. The van der Waals surface area contributed by atoms with Gasteiger partial charge >= 0.3 is 0 Å². The minimum atomic E-state index is -0.0753. The molecule has 5 N–H and O–H groups in total. The summed E-state index contributed by atoms with van der Waals surface area (Å²) in [6, 6.07) is 5.30. The van der Waals surface area contributed by atoms with Gasteiger partial charge in [0.05, 0.1) is 12.8 Å². The Bertz CT molecular complexity index is 320. The molecule has 5 heteroatoms. The Balaban J connectivity index is 2.69. The Hall–Kier alpha value is -0.970. The van der Waals surface area contributed by atoms with Crippen LogP contribution >= 0.6 is 11.6 Å². The van der Waals surface area contributed by atoms with E-state index in [1.54, 1.807) is 25.3 Å². The molecule has 1 unspecified atom stereocenters. The summed E-state index contributed by atoms with van der Waals surface area (Å²) in [5, 5.41) is 3.79. The van der Waals surface area contributed by atoms with Crippen LogP contribution in [0.2, 0.25) is 5.02 Å². The standard InChI is InChI=1S/C10H16ClN3O/c1-15-10-3-2-7(11)4-9(10)14-6-8(13)5-12/h2-4,8,14H,5-6,12-13H2,1H3. The molecule has 0 fully saturated rings. The summed E-state index contributed by atoms with van der Waals surface area (Å²) in [6.45, 7) is 1.03. The van der Waals surface area contributed by atoms with Crippen LogP contribution in [0.4, 0.5) is 5.69 Å². The molecule has 1 aromatic carbocycles. The second kappa shape index (κ2) is 5.80. The van der Waals surface area contributed by atoms with Crippen LogP contribution in [0.25, 0.3) is 0 Å². The highest BCUT2D eigenvalue weighted by Crippen LogP contribution is 2.27. The maximum absolute atomic E-state index is 5.87. The summed E-state index contributed by atoms with van der Waals surface area (Å²) in [6.07, 6.45) is 0. The van der Waals surface area contributed by atoms with Crippen molar-refractivity contribution < 1.29 is 4.74 Å². The zero-order valence-electron chi connectivity index (χ0n) is 8.66. The predicted octanol–water partition coefficient (Wildman–Crippen LogP) is 1.05. The fraction of sp³-hybridized carbons (Fsp3) is 0.400. The molecule has 0 spiro atoms. The molecule has 0 aliphatic rings. The molecule has 4 nitrogen and oxygen atoms in total. The zero-order valence-corrected chi connectivity index (χ0v) is 9.42. The molecule has 0 saturated carbocycles. The van der Waals surface area contributed by atoms with Crippen molar-refractivity contribution in [2.45, 2.75) is 6.04 Å². The minimum Gasteiger partial charge on any atom is -0.495 e. The fourth-order valence-electron chi connectivity index (χ4n) is 1.14. The topological polar surface area (TPSA) is 73.3 Å². The first kappa shape index (κ1) is 12.1. The molecular formula is C10H16ClN3O. The average Bonchev–Trinajstić information content (AvgIpc) is 2.26. The third-order valence-corrected chi connectivity index (χ3v) is 2.25. The molecule has 1 rings (SSSR count). The lowest BCUT2D eigenvalue weighted by atomic mass is 10.2. The number of ether oxygens (including phenoxy) is 1. The van der Waals surface area contributed by atoms with E-state index in [4.69, 9.17) is 27.8 Å². The van der Waals surface area contributed by atoms with Gasteiger partial charge in [0, 0.05) is 24.2 Å². The second-order valence-corrected chi connectivity index (χ2v) is 3.66. The van der Waals surface area contributed by atoms with Crippen LogP contribution in [0, 0.1) is 0 Å². The van der Waals surface area contributed by atoms with E-state index in [-0.39, 0.29) is 6.04 Å². The number of nitrogens with two attached hydrogens (primary N) is 2. The summed E-state index contributed by atoms with van der Waals surface area (Å²) in [5.41, 5.74) is 11.9. The fourth-order valence-corrected chi connectivity index (χ4v) is 1.31. The number of hydrogen-bond acceptors (Lipinski definition) is 4. The molecular weight excluding hydrogens is 214 g/mol. The van der Waals surface area contributed by atoms with Gasteiger partial charge in [-0.1, -0.05) is 11.6 Å². The molecule has 0 radical (unpaired) electrons. The van der Waals surface area contributed by atoms with E-state index in [2.05, 4.69) is 5.32 Å². The van der Waals surface area contributed by atoms with Crippen LogP contribution in [0.3, 0.4) is 0 Å². The van der Waals surface area contributed by atoms with E-state index in [0.29, 0.717) is 18.1 Å². The van der Waals surface area contributed by atoms with Crippen molar-refractivity contribution in [2.24, 2.45) is 11.5 Å². The Morgan fingerprint density at radius 2 is 2.27 bits per heavy atom. The van der Waals surface area contributed by atoms with Gasteiger partial charge in [-0.15, -0.1) is 0 Å². The van der Waals surface area contributed by atoms with Gasteiger partial charge in [-0.25, -0.2) is 0 Å². The molecule has 84 valence electrons. The Morgan fingerprint density at radius 1 is 1.53 bits per heavy atom. The largest absolute Gasteiger partial charge is 0.495 e. The van der Waals surface area contributed by atoms with Crippen LogP contribution in [-0.4, -0.2) is 26.2 Å². The Kier molecular flexibility index (Phi) is 4.68. The number of methoxy groups -OCH3 is 1. The first-order valence-corrected chi connectivity index (χ1v) is 5.08. The van der Waals surface area contributed by atoms with Gasteiger partial charge < -0.3 is 21.5 Å². The van der Waals surface area contributed by atoms with E-state index in [9.17, 15) is 0 Å². The van der Waals surface area contributed by atoms with Crippen molar-refractivity contribution in [3.05, 3.63) is 23.2 Å². The quantitative estimate of drug-likeness (QED) is 0.706. The molecule has 0 aromatic heterocycles. The molecule has 0 aliphatic heterocycles. The van der Waals surface area contributed by atoms with Crippen LogP contribution in [0.1, 0.15) is 0 Å². The Labute approximate surface area is 94.5 Å². The number of benzene rings is 1. The maximum atomic E-state index is 5.87. The number of hydrogen-bond donors (Lipinski definition) is 3. The molecule has 15 heavy (non-hydrogen) atoms. The molecule has 0 saturated heterocycles. The lowest BCUT2D eigenvalue weighted by Gasteiger charge is -2.14. The van der Waals surface area contributed by atoms with Crippen molar-refractivity contribution >= 4 is 17.3 Å². The molecule has 1 aromatic rings. The van der Waals surface area contributed by atoms with Gasteiger partial charge in [0.1, 0.15) is 5.75 Å². The van der Waals surface area contributed by atoms with Gasteiger partial charge in [-0.3, -0.25) is 0 Å². The SMILES string of the molecule is COc1ccc(Cl)cc1NCC(N)CN. The number of rotatable bonds is 5. The highest BCUT2D eigenvalue weighted by atomic mass is 35.5. The van der Waals surface area contributed by atoms with E-state index >= 15 is 0 Å². The summed E-state index contributed by atoms with van der Waals surface area (Å²) >= 11 is 5.87. The normalized spacial score (nSPS) is 12.3. The van der Waals surface area contributed by atoms with E-state index in [1.807, 2.05) is 0 Å². The second-order valence-electron chi connectivity index (χ2n) is 3.22. The van der Waals surface area contributed by atoms with Gasteiger partial charge in [-0.05, 0) is 18.2 Å².